The Hall–Kier alpha value is -3.11. The third-order valence-electron chi connectivity index (χ3n) is 8.88. The molecule has 1 atom stereocenters. The summed E-state index contributed by atoms with van der Waals surface area (Å²) in [5, 5.41) is 0. The number of allylic oxidation sites excluding steroid dienone is 1. The first kappa shape index (κ1) is 32.3. The number of pyridine rings is 1. The van der Waals surface area contributed by atoms with E-state index in [4.69, 9.17) is 9.72 Å². The summed E-state index contributed by atoms with van der Waals surface area (Å²) in [4.78, 5) is 35.7. The molecule has 44 heavy (non-hydrogen) atoms. The second kappa shape index (κ2) is 13.1. The van der Waals surface area contributed by atoms with Gasteiger partial charge in [0.2, 0.25) is 0 Å². The van der Waals surface area contributed by atoms with Crippen molar-refractivity contribution in [2.75, 3.05) is 26.2 Å². The molecule has 2 aromatic heterocycles. The molecule has 4 aliphatic rings. The van der Waals surface area contributed by atoms with Gasteiger partial charge < -0.3 is 23.7 Å². The number of aryl methyl sites for hydroxylation is 2. The Kier molecular flexibility index (Phi) is 9.61. The van der Waals surface area contributed by atoms with Crippen LogP contribution in [0.15, 0.2) is 49.1 Å². The number of hydrogen-bond donors (Lipinski definition) is 0. The number of carbonyl (C=O) groups excluding carboxylic acids is 2. The van der Waals surface area contributed by atoms with Crippen molar-refractivity contribution in [1.82, 2.24) is 24.3 Å². The van der Waals surface area contributed by atoms with Crippen molar-refractivity contribution in [2.45, 2.75) is 63.7 Å². The van der Waals surface area contributed by atoms with Gasteiger partial charge in [-0.3, -0.25) is 14.9 Å². The molecule has 1 aromatic carbocycles. The minimum absolute atomic E-state index is 0. The molecular formula is C34H39N5NaO4-. The van der Waals surface area contributed by atoms with Gasteiger partial charge in [0.1, 0.15) is 5.60 Å². The summed E-state index contributed by atoms with van der Waals surface area (Å²) < 4.78 is 12.3. The van der Waals surface area contributed by atoms with Crippen LogP contribution in [0.25, 0.3) is 11.6 Å². The van der Waals surface area contributed by atoms with Gasteiger partial charge in [-0.25, -0.2) is 4.79 Å². The van der Waals surface area contributed by atoms with E-state index in [1.54, 1.807) is 0 Å². The third-order valence-corrected chi connectivity index (χ3v) is 8.88. The summed E-state index contributed by atoms with van der Waals surface area (Å²) in [6.07, 6.45) is 13.8. The fourth-order valence-corrected chi connectivity index (χ4v) is 5.58. The third kappa shape index (κ3) is 7.23. The molecule has 7 rings (SSSR count). The molecule has 3 aromatic rings. The summed E-state index contributed by atoms with van der Waals surface area (Å²) >= 11 is 0. The van der Waals surface area contributed by atoms with Crippen LogP contribution in [0.4, 0.5) is 4.79 Å². The molecule has 3 aliphatic carbocycles. The average Bonchev–Trinajstić information content (AvgIpc) is 3.88. The molecular weight excluding hydrogens is 565 g/mol. The van der Waals surface area contributed by atoms with Crippen molar-refractivity contribution in [3.63, 3.8) is 0 Å². The number of piperazine rings is 1. The molecule has 0 N–H and O–H groups in total. The number of aromatic nitrogens is 3. The largest absolute Gasteiger partial charge is 1.00 e. The predicted molar refractivity (Wildman–Crippen MR) is 163 cm³/mol. The van der Waals surface area contributed by atoms with Crippen LogP contribution in [0.3, 0.4) is 0 Å². The van der Waals surface area contributed by atoms with Gasteiger partial charge in [-0.15, -0.1) is 18.1 Å². The van der Waals surface area contributed by atoms with Crippen molar-refractivity contribution in [3.8, 4) is 0 Å². The Balaban J connectivity index is 0.000000425. The molecule has 2 saturated carbocycles. The Morgan fingerprint density at radius 3 is 2.41 bits per heavy atom. The van der Waals surface area contributed by atoms with Gasteiger partial charge in [0.25, 0.3) is 0 Å². The summed E-state index contributed by atoms with van der Waals surface area (Å²) in [5.74, 6) is 0. The molecule has 1 aliphatic heterocycles. The number of carbonyl (C=O) groups is 1. The van der Waals surface area contributed by atoms with E-state index in [0.717, 1.165) is 61.3 Å². The van der Waals surface area contributed by atoms with Crippen LogP contribution < -0.4 is 29.6 Å². The van der Waals surface area contributed by atoms with E-state index in [2.05, 4.69) is 58.3 Å². The molecule has 0 bridgehead atoms. The zero-order valence-electron chi connectivity index (χ0n) is 26.4. The maximum absolute atomic E-state index is 12.7. The smallest absolute Gasteiger partial charge is 0.649 e. The molecule has 10 heteroatoms. The first-order chi connectivity index (χ1) is 20.7. The van der Waals surface area contributed by atoms with Gasteiger partial charge in [-0.2, -0.15) is 0 Å². The quantitative estimate of drug-likeness (QED) is 0.315. The Labute approximate surface area is 281 Å². The van der Waals surface area contributed by atoms with Gasteiger partial charge in [0.05, 0.1) is 23.7 Å². The van der Waals surface area contributed by atoms with E-state index >= 15 is 0 Å². The first-order valence-electron chi connectivity index (χ1n) is 15.0. The van der Waals surface area contributed by atoms with Gasteiger partial charge in [-0.05, 0) is 70.0 Å². The molecule has 9 nitrogen and oxygen atoms in total. The zero-order chi connectivity index (χ0) is 30.2. The molecule has 3 heterocycles. The maximum Gasteiger partial charge on any atom is 1.00 e. The van der Waals surface area contributed by atoms with Crippen LogP contribution in [0.2, 0.25) is 0 Å². The second-order valence-corrected chi connectivity index (χ2v) is 12.6. The molecule has 3 fully saturated rings. The van der Waals surface area contributed by atoms with E-state index in [1.807, 2.05) is 55.1 Å². The normalized spacial score (nSPS) is 20.6. The number of nitrogens with zero attached hydrogens (tertiary/aromatic N) is 5. The molecule has 226 valence electrons. The van der Waals surface area contributed by atoms with Crippen molar-refractivity contribution >= 4 is 24.2 Å². The Morgan fingerprint density at radius 1 is 1.07 bits per heavy atom. The molecule has 0 unspecified atom stereocenters. The second-order valence-electron chi connectivity index (χ2n) is 12.6. The summed E-state index contributed by atoms with van der Waals surface area (Å²) in [6, 6.07) is 10.9. The molecule has 0 spiro atoms. The van der Waals surface area contributed by atoms with E-state index in [9.17, 15) is 9.59 Å². The maximum atomic E-state index is 12.7. The van der Waals surface area contributed by atoms with Gasteiger partial charge in [0, 0.05) is 39.4 Å². The van der Waals surface area contributed by atoms with Gasteiger partial charge in [0.15, 0.2) is 0 Å². The summed E-state index contributed by atoms with van der Waals surface area (Å²) in [7, 11) is 2.01. The van der Waals surface area contributed by atoms with Crippen LogP contribution in [-0.4, -0.2) is 74.3 Å². The number of rotatable bonds is 6. The fourth-order valence-electron chi connectivity index (χ4n) is 5.58. The molecule has 1 saturated heterocycles. The van der Waals surface area contributed by atoms with Crippen molar-refractivity contribution in [3.05, 3.63) is 89.1 Å². The summed E-state index contributed by atoms with van der Waals surface area (Å²) in [6.45, 7) is 10.3. The van der Waals surface area contributed by atoms with E-state index in [0.29, 0.717) is 13.1 Å². The van der Waals surface area contributed by atoms with E-state index < -0.39 is 0 Å². The Bertz CT molecular complexity index is 1540. The summed E-state index contributed by atoms with van der Waals surface area (Å²) in [5.41, 5.74) is 7.67. The van der Waals surface area contributed by atoms with E-state index in [-0.39, 0.29) is 52.9 Å². The average molecular weight is 605 g/mol. The predicted octanol–water partition coefficient (Wildman–Crippen LogP) is 2.25. The molecule has 1 amide bonds. The van der Waals surface area contributed by atoms with Gasteiger partial charge in [-0.1, -0.05) is 47.4 Å². The van der Waals surface area contributed by atoms with Gasteiger partial charge >= 0.3 is 35.7 Å². The number of benzene rings is 1. The Morgan fingerprint density at radius 2 is 1.80 bits per heavy atom. The van der Waals surface area contributed by atoms with Crippen molar-refractivity contribution in [2.24, 2.45) is 7.05 Å². The van der Waals surface area contributed by atoms with Crippen LogP contribution in [0.1, 0.15) is 79.2 Å². The number of amides is 1. The topological polar surface area (TPSA) is 89.8 Å². The SMILES string of the molecule is CC1(O[C-]=O)CC1.Cc1ccc2c(c1)C([CH-]c1cncn1C)=Cc1cccnc1[C@H]2N1CCN(C(=O)OC2(C)CC2)CC1.[Na+]. The number of fused-ring (bicyclic) bond motifs is 2. The van der Waals surface area contributed by atoms with Crippen molar-refractivity contribution < 1.29 is 48.6 Å². The van der Waals surface area contributed by atoms with Crippen LogP contribution >= 0.6 is 0 Å². The van der Waals surface area contributed by atoms with Crippen molar-refractivity contribution in [1.29, 1.82) is 0 Å². The number of imidazole rings is 1. The minimum Gasteiger partial charge on any atom is -0.649 e. The van der Waals surface area contributed by atoms with Crippen LogP contribution in [0.5, 0.6) is 0 Å². The standard InChI is InChI=1S/C29H32N5O2.C5H7O2.Na/c1-20-6-7-24-25(15-20)22(17-23-18-30-19-32(23)3)16-21-5-4-10-31-26(21)27(24)33-11-13-34(14-12-33)28(35)36-29(2)8-9-29;1-5(2-3-5)7-4-6;/h4-7,10,15-19,27H,8-9,11-14H2,1-3H3;2-3H2,1H3;/q2*-1;+1/t27-;;/m0../s1. The monoisotopic (exact) mass is 604 g/mol. The van der Waals surface area contributed by atoms with E-state index in [1.165, 1.54) is 23.2 Å². The zero-order valence-corrected chi connectivity index (χ0v) is 28.4. The number of hydrogen-bond acceptors (Lipinski definition) is 7. The molecule has 0 radical (unpaired) electrons. The fraction of sp³-hybridized carbons (Fsp3) is 0.441. The first-order valence-corrected chi connectivity index (χ1v) is 15.0. The minimum atomic E-state index is -0.248. The number of ether oxygens (including phenoxy) is 2. The van der Waals surface area contributed by atoms with Crippen LogP contribution in [-0.2, 0) is 21.3 Å². The van der Waals surface area contributed by atoms with Crippen LogP contribution in [0, 0.1) is 13.3 Å².